The van der Waals surface area contributed by atoms with Gasteiger partial charge in [0, 0.05) is 41.4 Å². The number of methoxy groups -OCH3 is 1. The lowest BCUT2D eigenvalue weighted by Gasteiger charge is -2.32. The topological polar surface area (TPSA) is 108 Å². The van der Waals surface area contributed by atoms with E-state index in [2.05, 4.69) is 11.9 Å². The van der Waals surface area contributed by atoms with Gasteiger partial charge in [0.1, 0.15) is 5.75 Å². The van der Waals surface area contributed by atoms with Crippen molar-refractivity contribution < 1.29 is 29.0 Å². The third-order valence-electron chi connectivity index (χ3n) is 7.32. The highest BCUT2D eigenvalue weighted by Crippen LogP contribution is 2.59. The summed E-state index contributed by atoms with van der Waals surface area (Å²) < 4.78 is 11.7. The Hall–Kier alpha value is -2.98. The summed E-state index contributed by atoms with van der Waals surface area (Å²) in [6, 6.07) is 12.1. The monoisotopic (exact) mass is 510 g/mol. The van der Waals surface area contributed by atoms with Gasteiger partial charge in [0.2, 0.25) is 0 Å². The Morgan fingerprint density at radius 1 is 1.28 bits per heavy atom. The van der Waals surface area contributed by atoms with E-state index in [0.29, 0.717) is 41.2 Å². The van der Waals surface area contributed by atoms with Crippen molar-refractivity contribution in [2.45, 2.75) is 43.7 Å². The third kappa shape index (κ3) is 4.26. The van der Waals surface area contributed by atoms with Crippen LogP contribution in [0.25, 0.3) is 0 Å². The summed E-state index contributed by atoms with van der Waals surface area (Å²) in [6.07, 6.45) is 1.52. The Bertz CT molecular complexity index is 1160. The maximum Gasteiger partial charge on any atom is 0.264 e. The Labute approximate surface area is 212 Å². The molecule has 8 nitrogen and oxygen atoms in total. The number of fused-ring (bicyclic) bond motifs is 2. The van der Waals surface area contributed by atoms with Gasteiger partial charge in [0.15, 0.2) is 13.9 Å². The average Bonchev–Trinajstić information content (AvgIpc) is 3.26. The standard InChI is InChI=1S/C27H34N2O6Si/c1-6-14-29-22-12-9-19(28-25(31)18-7-10-20(34-3)11-8-18)16-21(22)27(26(29)32)17(2)24(36(4,5)33)23(35-27)13-15-30/h6-12,16-17,23-24,30,33H,1,13-15H2,2-5H3,(H,28,31)/t17-,23+,24-,27+/m1/s1. The largest absolute Gasteiger partial charge is 0.497 e. The van der Waals surface area contributed by atoms with Gasteiger partial charge < -0.3 is 29.6 Å². The molecule has 0 saturated carbocycles. The molecule has 2 heterocycles. The van der Waals surface area contributed by atoms with Crippen LogP contribution in [0, 0.1) is 5.92 Å². The van der Waals surface area contributed by atoms with Crippen LogP contribution in [-0.4, -0.2) is 56.4 Å². The Balaban J connectivity index is 1.76. The molecule has 3 N–H and O–H groups in total. The molecule has 2 aromatic rings. The third-order valence-corrected chi connectivity index (χ3v) is 9.82. The second kappa shape index (κ2) is 9.82. The van der Waals surface area contributed by atoms with E-state index in [1.54, 1.807) is 60.6 Å². The minimum Gasteiger partial charge on any atom is -0.497 e. The fourth-order valence-electron chi connectivity index (χ4n) is 5.81. The number of rotatable bonds is 8. The second-order valence-electron chi connectivity index (χ2n) is 9.99. The molecular weight excluding hydrogens is 476 g/mol. The van der Waals surface area contributed by atoms with Crippen molar-refractivity contribution in [2.24, 2.45) is 5.92 Å². The summed E-state index contributed by atoms with van der Waals surface area (Å²) >= 11 is 0. The lowest BCUT2D eigenvalue weighted by atomic mass is 9.82. The number of anilines is 2. The number of ether oxygens (including phenoxy) is 2. The highest BCUT2D eigenvalue weighted by atomic mass is 28.4. The van der Waals surface area contributed by atoms with E-state index < -0.39 is 20.0 Å². The molecule has 9 heteroatoms. The molecule has 2 amide bonds. The number of nitrogens with one attached hydrogen (secondary N) is 1. The molecule has 1 spiro atoms. The molecule has 0 unspecified atom stereocenters. The summed E-state index contributed by atoms with van der Waals surface area (Å²) in [7, 11) is -1.21. The maximum atomic E-state index is 13.9. The number of aliphatic hydroxyl groups excluding tert-OH is 1. The van der Waals surface area contributed by atoms with E-state index in [9.17, 15) is 19.5 Å². The lowest BCUT2D eigenvalue weighted by molar-refractivity contribution is -0.146. The summed E-state index contributed by atoms with van der Waals surface area (Å²) in [5.41, 5.74) is 0.754. The first-order valence-corrected chi connectivity index (χ1v) is 15.1. The molecule has 2 aliphatic heterocycles. The first-order valence-electron chi connectivity index (χ1n) is 12.1. The predicted molar refractivity (Wildman–Crippen MR) is 141 cm³/mol. The highest BCUT2D eigenvalue weighted by molar-refractivity contribution is 6.71. The van der Waals surface area contributed by atoms with Gasteiger partial charge in [0.25, 0.3) is 11.8 Å². The highest BCUT2D eigenvalue weighted by Gasteiger charge is 2.66. The number of amides is 2. The lowest BCUT2D eigenvalue weighted by Crippen LogP contribution is -2.46. The fourth-order valence-corrected chi connectivity index (χ4v) is 8.41. The van der Waals surface area contributed by atoms with Crippen molar-refractivity contribution in [1.29, 1.82) is 0 Å². The molecule has 4 rings (SSSR count). The number of carbonyl (C=O) groups is 2. The van der Waals surface area contributed by atoms with E-state index in [1.165, 1.54) is 0 Å². The zero-order chi connectivity index (χ0) is 26.3. The molecular formula is C27H34N2O6Si. The molecule has 1 saturated heterocycles. The number of nitrogens with zero attached hydrogens (tertiary/aromatic N) is 1. The molecule has 36 heavy (non-hydrogen) atoms. The van der Waals surface area contributed by atoms with Crippen LogP contribution in [-0.2, 0) is 15.1 Å². The van der Waals surface area contributed by atoms with Crippen LogP contribution >= 0.6 is 0 Å². The SMILES string of the molecule is C=CCN1C(=O)[C@@]2(O[C@@H](CCO)[C@H]([Si](C)(C)O)[C@H]2C)c2cc(NC(=O)c3ccc(OC)cc3)ccc21. The van der Waals surface area contributed by atoms with Gasteiger partial charge in [-0.1, -0.05) is 13.0 Å². The molecule has 0 radical (unpaired) electrons. The molecule has 0 aliphatic carbocycles. The number of hydrogen-bond acceptors (Lipinski definition) is 6. The molecule has 0 aromatic heterocycles. The minimum absolute atomic E-state index is 0.107. The van der Waals surface area contributed by atoms with Crippen LogP contribution in [0.1, 0.15) is 29.3 Å². The molecule has 1 fully saturated rings. The molecule has 2 aromatic carbocycles. The number of hydrogen-bond donors (Lipinski definition) is 3. The Kier molecular flexibility index (Phi) is 7.11. The van der Waals surface area contributed by atoms with E-state index in [-0.39, 0.29) is 29.9 Å². The van der Waals surface area contributed by atoms with Crippen molar-refractivity contribution in [3.63, 3.8) is 0 Å². The maximum absolute atomic E-state index is 13.9. The van der Waals surface area contributed by atoms with E-state index in [4.69, 9.17) is 9.47 Å². The summed E-state index contributed by atoms with van der Waals surface area (Å²) in [5, 5.41) is 12.6. The van der Waals surface area contributed by atoms with Crippen molar-refractivity contribution in [3.05, 3.63) is 66.2 Å². The summed E-state index contributed by atoms with van der Waals surface area (Å²) in [5.74, 6) is -0.192. The van der Waals surface area contributed by atoms with Gasteiger partial charge in [0.05, 0.1) is 18.9 Å². The van der Waals surface area contributed by atoms with Crippen LogP contribution in [0.2, 0.25) is 18.6 Å². The van der Waals surface area contributed by atoms with E-state index >= 15 is 0 Å². The fraction of sp³-hybridized carbons (Fsp3) is 0.407. The van der Waals surface area contributed by atoms with Gasteiger partial charge in [-0.2, -0.15) is 0 Å². The van der Waals surface area contributed by atoms with Gasteiger partial charge >= 0.3 is 0 Å². The van der Waals surface area contributed by atoms with E-state index in [0.717, 1.165) is 0 Å². The van der Waals surface area contributed by atoms with Gasteiger partial charge in [-0.25, -0.2) is 0 Å². The zero-order valence-electron chi connectivity index (χ0n) is 21.2. The average molecular weight is 511 g/mol. The molecule has 2 aliphatic rings. The van der Waals surface area contributed by atoms with Crippen molar-refractivity contribution >= 4 is 31.5 Å². The van der Waals surface area contributed by atoms with Crippen molar-refractivity contribution in [1.82, 2.24) is 0 Å². The van der Waals surface area contributed by atoms with Crippen LogP contribution < -0.4 is 15.0 Å². The van der Waals surface area contributed by atoms with Gasteiger partial charge in [-0.3, -0.25) is 9.59 Å². The second-order valence-corrected chi connectivity index (χ2v) is 14.0. The minimum atomic E-state index is -2.77. The zero-order valence-corrected chi connectivity index (χ0v) is 22.2. The quantitative estimate of drug-likeness (QED) is 0.370. The summed E-state index contributed by atoms with van der Waals surface area (Å²) in [4.78, 5) is 39.6. The van der Waals surface area contributed by atoms with Gasteiger partial charge in [-0.05, 0) is 62.0 Å². The Morgan fingerprint density at radius 2 is 1.97 bits per heavy atom. The molecule has 0 bridgehead atoms. The van der Waals surface area contributed by atoms with Crippen molar-refractivity contribution in [2.75, 3.05) is 30.5 Å². The van der Waals surface area contributed by atoms with Crippen LogP contribution in [0.15, 0.2) is 55.1 Å². The van der Waals surface area contributed by atoms with E-state index in [1.807, 2.05) is 20.0 Å². The summed E-state index contributed by atoms with van der Waals surface area (Å²) in [6.45, 7) is 9.62. The van der Waals surface area contributed by atoms with Crippen molar-refractivity contribution in [3.8, 4) is 5.75 Å². The number of benzene rings is 2. The number of carbonyl (C=O) groups excluding carboxylic acids is 2. The molecule has 192 valence electrons. The number of aliphatic hydroxyl groups is 1. The first kappa shape index (κ1) is 26.1. The normalized spacial score (nSPS) is 25.2. The van der Waals surface area contributed by atoms with Gasteiger partial charge in [-0.15, -0.1) is 6.58 Å². The smallest absolute Gasteiger partial charge is 0.264 e. The van der Waals surface area contributed by atoms with Crippen LogP contribution in [0.5, 0.6) is 5.75 Å². The van der Waals surface area contributed by atoms with Crippen LogP contribution in [0.4, 0.5) is 11.4 Å². The first-order chi connectivity index (χ1) is 17.1. The molecule has 4 atom stereocenters. The Morgan fingerprint density at radius 3 is 2.56 bits per heavy atom. The predicted octanol–water partition coefficient (Wildman–Crippen LogP) is 3.66. The van der Waals surface area contributed by atoms with Crippen LogP contribution in [0.3, 0.4) is 0 Å².